The van der Waals surface area contributed by atoms with Gasteiger partial charge in [0.1, 0.15) is 0 Å². The van der Waals surface area contributed by atoms with E-state index >= 15 is 0 Å². The van der Waals surface area contributed by atoms with Crippen molar-refractivity contribution in [1.82, 2.24) is 4.90 Å². The minimum Gasteiger partial charge on any atom is -0.409 e. The van der Waals surface area contributed by atoms with Crippen molar-refractivity contribution in [3.05, 3.63) is 35.4 Å². The Morgan fingerprint density at radius 2 is 2.05 bits per heavy atom. The van der Waals surface area contributed by atoms with E-state index in [-0.39, 0.29) is 5.84 Å². The lowest BCUT2D eigenvalue weighted by Gasteiger charge is -2.38. The summed E-state index contributed by atoms with van der Waals surface area (Å²) in [5, 5.41) is 11.6. The van der Waals surface area contributed by atoms with Gasteiger partial charge in [-0.1, -0.05) is 43.3 Å². The number of oxime groups is 1. The Hall–Kier alpha value is -1.55. The molecule has 3 N–H and O–H groups in total. The second-order valence-electron chi connectivity index (χ2n) is 6.16. The second kappa shape index (κ2) is 5.61. The Morgan fingerprint density at radius 1 is 1.37 bits per heavy atom. The highest BCUT2D eigenvalue weighted by molar-refractivity contribution is 5.96. The molecule has 1 heterocycles. The van der Waals surface area contributed by atoms with E-state index in [1.807, 2.05) is 12.1 Å². The van der Waals surface area contributed by atoms with Gasteiger partial charge in [-0.3, -0.25) is 4.90 Å². The number of nitrogens with zero attached hydrogens (tertiary/aromatic N) is 2. The molecule has 0 bridgehead atoms. The highest BCUT2D eigenvalue weighted by Crippen LogP contribution is 2.29. The third-order valence-electron chi connectivity index (χ3n) is 3.74. The van der Waals surface area contributed by atoms with Gasteiger partial charge < -0.3 is 10.9 Å². The van der Waals surface area contributed by atoms with Crippen LogP contribution in [0.4, 0.5) is 0 Å². The number of rotatable bonds is 3. The normalized spacial score (nSPS) is 20.4. The van der Waals surface area contributed by atoms with E-state index in [0.29, 0.717) is 5.41 Å². The minimum absolute atomic E-state index is 0.158. The zero-order valence-electron chi connectivity index (χ0n) is 11.8. The summed E-state index contributed by atoms with van der Waals surface area (Å²) in [5.74, 6) is 0.158. The van der Waals surface area contributed by atoms with E-state index in [2.05, 4.69) is 36.0 Å². The van der Waals surface area contributed by atoms with Gasteiger partial charge in [0.15, 0.2) is 5.84 Å². The van der Waals surface area contributed by atoms with Crippen LogP contribution in [0.25, 0.3) is 0 Å². The number of hydrogen-bond acceptors (Lipinski definition) is 3. The van der Waals surface area contributed by atoms with E-state index in [1.54, 1.807) is 0 Å². The maximum Gasteiger partial charge on any atom is 0.170 e. The molecule has 0 amide bonds. The fourth-order valence-electron chi connectivity index (χ4n) is 2.78. The Labute approximate surface area is 114 Å². The zero-order chi connectivity index (χ0) is 13.9. The van der Waals surface area contributed by atoms with Gasteiger partial charge in [0, 0.05) is 18.7 Å². The first-order chi connectivity index (χ1) is 9.00. The molecule has 0 radical (unpaired) electrons. The number of hydrogen-bond donors (Lipinski definition) is 2. The minimum atomic E-state index is 0.158. The van der Waals surface area contributed by atoms with Crippen LogP contribution in [0.1, 0.15) is 37.8 Å². The van der Waals surface area contributed by atoms with Gasteiger partial charge in [0.2, 0.25) is 0 Å². The molecule has 1 aliphatic rings. The van der Waals surface area contributed by atoms with Crippen LogP contribution in [0.15, 0.2) is 29.4 Å². The summed E-state index contributed by atoms with van der Waals surface area (Å²) in [6.07, 6.45) is 2.58. The average molecular weight is 261 g/mol. The zero-order valence-corrected chi connectivity index (χ0v) is 11.8. The van der Waals surface area contributed by atoms with Gasteiger partial charge in [-0.05, 0) is 30.4 Å². The van der Waals surface area contributed by atoms with Crippen LogP contribution < -0.4 is 5.73 Å². The van der Waals surface area contributed by atoms with Crippen molar-refractivity contribution in [2.75, 3.05) is 13.1 Å². The van der Waals surface area contributed by atoms with Crippen LogP contribution in [0.5, 0.6) is 0 Å². The highest BCUT2D eigenvalue weighted by atomic mass is 16.4. The van der Waals surface area contributed by atoms with Gasteiger partial charge in [-0.15, -0.1) is 0 Å². The smallest absolute Gasteiger partial charge is 0.170 e. The van der Waals surface area contributed by atoms with Crippen LogP contribution in [-0.4, -0.2) is 29.0 Å². The largest absolute Gasteiger partial charge is 0.409 e. The Morgan fingerprint density at radius 3 is 2.63 bits per heavy atom. The van der Waals surface area contributed by atoms with Crippen molar-refractivity contribution in [2.45, 2.75) is 33.2 Å². The first kappa shape index (κ1) is 13.9. The van der Waals surface area contributed by atoms with Crippen LogP contribution >= 0.6 is 0 Å². The van der Waals surface area contributed by atoms with E-state index in [4.69, 9.17) is 10.9 Å². The van der Waals surface area contributed by atoms with Crippen molar-refractivity contribution < 1.29 is 5.21 Å². The number of likely N-dealkylation sites (tertiary alicyclic amines) is 1. The maximum atomic E-state index is 8.63. The van der Waals surface area contributed by atoms with E-state index in [1.165, 1.54) is 24.9 Å². The van der Waals surface area contributed by atoms with Gasteiger partial charge in [0.05, 0.1) is 0 Å². The van der Waals surface area contributed by atoms with Crippen molar-refractivity contribution in [3.8, 4) is 0 Å². The fourth-order valence-corrected chi connectivity index (χ4v) is 2.78. The molecule has 0 saturated carbocycles. The highest BCUT2D eigenvalue weighted by Gasteiger charge is 2.25. The third kappa shape index (κ3) is 3.70. The molecular weight excluding hydrogens is 238 g/mol. The molecule has 0 spiro atoms. The molecule has 1 saturated heterocycles. The van der Waals surface area contributed by atoms with Gasteiger partial charge in [-0.2, -0.15) is 0 Å². The lowest BCUT2D eigenvalue weighted by atomic mass is 9.84. The summed E-state index contributed by atoms with van der Waals surface area (Å²) in [6.45, 7) is 7.96. The topological polar surface area (TPSA) is 61.8 Å². The second-order valence-corrected chi connectivity index (χ2v) is 6.16. The quantitative estimate of drug-likeness (QED) is 0.380. The molecule has 0 unspecified atom stereocenters. The molecule has 0 atom stereocenters. The van der Waals surface area contributed by atoms with Gasteiger partial charge >= 0.3 is 0 Å². The molecule has 2 rings (SSSR count). The van der Waals surface area contributed by atoms with Crippen molar-refractivity contribution in [2.24, 2.45) is 16.3 Å². The summed E-state index contributed by atoms with van der Waals surface area (Å²) in [4.78, 5) is 2.50. The lowest BCUT2D eigenvalue weighted by molar-refractivity contribution is 0.111. The summed E-state index contributed by atoms with van der Waals surface area (Å²) in [6, 6.07) is 7.91. The van der Waals surface area contributed by atoms with Crippen molar-refractivity contribution in [1.29, 1.82) is 0 Å². The number of piperidine rings is 1. The molecule has 1 aromatic rings. The van der Waals surface area contributed by atoms with Crippen LogP contribution in [0.3, 0.4) is 0 Å². The molecule has 1 aromatic carbocycles. The first-order valence-corrected chi connectivity index (χ1v) is 6.79. The number of amidine groups is 1. The van der Waals surface area contributed by atoms with Crippen LogP contribution in [-0.2, 0) is 6.54 Å². The molecule has 19 heavy (non-hydrogen) atoms. The predicted octanol–water partition coefficient (Wildman–Crippen LogP) is 2.40. The lowest BCUT2D eigenvalue weighted by Crippen LogP contribution is -2.39. The Kier molecular flexibility index (Phi) is 4.10. The van der Waals surface area contributed by atoms with Crippen molar-refractivity contribution in [3.63, 3.8) is 0 Å². The first-order valence-electron chi connectivity index (χ1n) is 6.79. The standard InChI is InChI=1S/C15H23N3O/c1-15(2)8-3-9-18(11-15)10-12-4-6-13(7-5-12)14(16)17-19/h4-7,19H,3,8-11H2,1-2H3,(H2,16,17). The maximum absolute atomic E-state index is 8.63. The fraction of sp³-hybridized carbons (Fsp3) is 0.533. The van der Waals surface area contributed by atoms with Gasteiger partial charge in [-0.25, -0.2) is 0 Å². The van der Waals surface area contributed by atoms with E-state index in [0.717, 1.165) is 18.7 Å². The summed E-state index contributed by atoms with van der Waals surface area (Å²) in [5.41, 5.74) is 8.00. The molecule has 4 heteroatoms. The molecule has 1 aliphatic heterocycles. The molecule has 104 valence electrons. The molecule has 0 aliphatic carbocycles. The predicted molar refractivity (Wildman–Crippen MR) is 77.2 cm³/mol. The Bertz CT molecular complexity index is 451. The van der Waals surface area contributed by atoms with Crippen molar-refractivity contribution >= 4 is 5.84 Å². The van der Waals surface area contributed by atoms with E-state index in [9.17, 15) is 0 Å². The van der Waals surface area contributed by atoms with E-state index < -0.39 is 0 Å². The molecule has 1 fully saturated rings. The molecule has 4 nitrogen and oxygen atoms in total. The summed E-state index contributed by atoms with van der Waals surface area (Å²) >= 11 is 0. The van der Waals surface area contributed by atoms with Crippen LogP contribution in [0.2, 0.25) is 0 Å². The summed E-state index contributed by atoms with van der Waals surface area (Å²) in [7, 11) is 0. The van der Waals surface area contributed by atoms with Gasteiger partial charge in [0.25, 0.3) is 0 Å². The third-order valence-corrected chi connectivity index (χ3v) is 3.74. The number of nitrogens with two attached hydrogens (primary N) is 1. The monoisotopic (exact) mass is 261 g/mol. The summed E-state index contributed by atoms with van der Waals surface area (Å²) < 4.78 is 0. The Balaban J connectivity index is 2.00. The average Bonchev–Trinajstić information content (AvgIpc) is 2.37. The SMILES string of the molecule is CC1(C)CCCN(Cc2ccc(C(N)=NO)cc2)C1. The van der Waals surface area contributed by atoms with Crippen LogP contribution in [0, 0.1) is 5.41 Å². The molecular formula is C15H23N3O. The molecule has 0 aromatic heterocycles. The number of benzene rings is 1.